The van der Waals surface area contributed by atoms with Gasteiger partial charge in [-0.1, -0.05) is 35.9 Å². The van der Waals surface area contributed by atoms with Crippen LogP contribution in [0.1, 0.15) is 5.56 Å². The van der Waals surface area contributed by atoms with Gasteiger partial charge in [-0.3, -0.25) is 0 Å². The highest BCUT2D eigenvalue weighted by molar-refractivity contribution is 6.31. The van der Waals surface area contributed by atoms with Crippen LogP contribution in [0.5, 0.6) is 0 Å². The summed E-state index contributed by atoms with van der Waals surface area (Å²) in [6.07, 6.45) is 0. The van der Waals surface area contributed by atoms with Crippen LogP contribution in [-0.4, -0.2) is 5.11 Å². The van der Waals surface area contributed by atoms with Gasteiger partial charge in [0.05, 0.1) is 6.61 Å². The lowest BCUT2D eigenvalue weighted by atomic mass is 10.1. The van der Waals surface area contributed by atoms with Crippen LogP contribution in [0.3, 0.4) is 0 Å². The molecule has 0 unspecified atom stereocenters. The van der Waals surface area contributed by atoms with Crippen LogP contribution in [0, 0.1) is 0 Å². The second-order valence-electron chi connectivity index (χ2n) is 2.94. The molecular weight excluding hydrogens is 184 g/mol. The van der Waals surface area contributed by atoms with E-state index in [-0.39, 0.29) is 6.61 Å². The highest BCUT2D eigenvalue weighted by Crippen LogP contribution is 2.23. The molecule has 0 aliphatic heterocycles. The van der Waals surface area contributed by atoms with Crippen molar-refractivity contribution in [3.05, 3.63) is 47.0 Å². The molecule has 13 heavy (non-hydrogen) atoms. The van der Waals surface area contributed by atoms with Gasteiger partial charge >= 0.3 is 0 Å². The molecule has 0 radical (unpaired) electrons. The summed E-state index contributed by atoms with van der Waals surface area (Å²) in [5.74, 6) is 0. The van der Waals surface area contributed by atoms with Crippen LogP contribution in [0.2, 0.25) is 5.02 Å². The van der Waals surface area contributed by atoms with Crippen LogP contribution in [0.4, 0.5) is 0 Å². The summed E-state index contributed by atoms with van der Waals surface area (Å²) in [6.45, 7) is 0.0288. The molecule has 0 spiro atoms. The fourth-order valence-corrected chi connectivity index (χ4v) is 1.73. The molecule has 2 aromatic carbocycles. The van der Waals surface area contributed by atoms with Crippen LogP contribution in [0.25, 0.3) is 10.8 Å². The van der Waals surface area contributed by atoms with E-state index in [2.05, 4.69) is 0 Å². The Kier molecular flexibility index (Phi) is 2.21. The Morgan fingerprint density at radius 2 is 1.92 bits per heavy atom. The van der Waals surface area contributed by atoms with Gasteiger partial charge in [-0.05, 0) is 28.5 Å². The summed E-state index contributed by atoms with van der Waals surface area (Å²) in [7, 11) is 0. The molecule has 66 valence electrons. The van der Waals surface area contributed by atoms with Crippen LogP contribution in [0.15, 0.2) is 36.4 Å². The normalized spacial score (nSPS) is 10.6. The van der Waals surface area contributed by atoms with Gasteiger partial charge in [-0.25, -0.2) is 0 Å². The molecule has 0 amide bonds. The van der Waals surface area contributed by atoms with Gasteiger partial charge in [-0.2, -0.15) is 0 Å². The van der Waals surface area contributed by atoms with E-state index >= 15 is 0 Å². The quantitative estimate of drug-likeness (QED) is 0.737. The Labute approximate surface area is 81.6 Å². The fourth-order valence-electron chi connectivity index (χ4n) is 1.48. The standard InChI is InChI=1S/C11H9ClO/c12-10-5-8-3-1-2-4-11(8)9(6-10)7-13/h1-6,13H,7H2. The van der Waals surface area contributed by atoms with Gasteiger partial charge in [0.2, 0.25) is 0 Å². The molecule has 2 aromatic rings. The number of aliphatic hydroxyl groups is 1. The minimum absolute atomic E-state index is 0.0288. The van der Waals surface area contributed by atoms with Crippen molar-refractivity contribution in [3.63, 3.8) is 0 Å². The third-order valence-corrected chi connectivity index (χ3v) is 2.30. The van der Waals surface area contributed by atoms with Gasteiger partial charge in [0.1, 0.15) is 0 Å². The molecule has 0 aromatic heterocycles. The van der Waals surface area contributed by atoms with Crippen LogP contribution < -0.4 is 0 Å². The molecule has 0 heterocycles. The van der Waals surface area contributed by atoms with Crippen molar-refractivity contribution in [2.45, 2.75) is 6.61 Å². The predicted molar refractivity (Wildman–Crippen MR) is 54.9 cm³/mol. The van der Waals surface area contributed by atoms with Crippen molar-refractivity contribution in [3.8, 4) is 0 Å². The van der Waals surface area contributed by atoms with Crippen molar-refractivity contribution >= 4 is 22.4 Å². The minimum Gasteiger partial charge on any atom is -0.392 e. The van der Waals surface area contributed by atoms with Crippen LogP contribution in [-0.2, 0) is 6.61 Å². The Morgan fingerprint density at radius 1 is 1.15 bits per heavy atom. The molecule has 2 rings (SSSR count). The van der Waals surface area contributed by atoms with E-state index in [0.29, 0.717) is 5.02 Å². The predicted octanol–water partition coefficient (Wildman–Crippen LogP) is 2.99. The number of aliphatic hydroxyl groups excluding tert-OH is 1. The summed E-state index contributed by atoms with van der Waals surface area (Å²) in [4.78, 5) is 0. The summed E-state index contributed by atoms with van der Waals surface area (Å²) >= 11 is 5.89. The summed E-state index contributed by atoms with van der Waals surface area (Å²) in [5, 5.41) is 11.9. The van der Waals surface area contributed by atoms with E-state index in [1.54, 1.807) is 6.07 Å². The second kappa shape index (κ2) is 3.36. The largest absolute Gasteiger partial charge is 0.392 e. The van der Waals surface area contributed by atoms with Gasteiger partial charge in [-0.15, -0.1) is 0 Å². The molecule has 0 aliphatic carbocycles. The average Bonchev–Trinajstić information content (AvgIpc) is 2.16. The zero-order valence-electron chi connectivity index (χ0n) is 7.00. The van der Waals surface area contributed by atoms with Gasteiger partial charge < -0.3 is 5.11 Å². The second-order valence-corrected chi connectivity index (χ2v) is 3.38. The molecule has 0 atom stereocenters. The first kappa shape index (κ1) is 8.54. The van der Waals surface area contributed by atoms with Crippen molar-refractivity contribution in [1.82, 2.24) is 0 Å². The minimum atomic E-state index is 0.0288. The fraction of sp³-hybridized carbons (Fsp3) is 0.0909. The first-order chi connectivity index (χ1) is 6.31. The van der Waals surface area contributed by atoms with Gasteiger partial charge in [0.15, 0.2) is 0 Å². The molecule has 0 aliphatic rings. The summed E-state index contributed by atoms with van der Waals surface area (Å²) in [5.41, 5.74) is 0.878. The SMILES string of the molecule is OCc1cc(Cl)cc2ccccc12. The molecular formula is C11H9ClO. The summed E-state index contributed by atoms with van der Waals surface area (Å²) < 4.78 is 0. The third-order valence-electron chi connectivity index (χ3n) is 2.08. The lowest BCUT2D eigenvalue weighted by molar-refractivity contribution is 0.283. The van der Waals surface area contributed by atoms with Crippen molar-refractivity contribution < 1.29 is 5.11 Å². The number of hydrogen-bond acceptors (Lipinski definition) is 1. The maximum absolute atomic E-state index is 9.10. The van der Waals surface area contributed by atoms with Gasteiger partial charge in [0.25, 0.3) is 0 Å². The number of rotatable bonds is 1. The van der Waals surface area contributed by atoms with E-state index in [1.807, 2.05) is 30.3 Å². The smallest absolute Gasteiger partial charge is 0.0688 e. The van der Waals surface area contributed by atoms with E-state index in [4.69, 9.17) is 16.7 Å². The Bertz CT molecular complexity index is 437. The van der Waals surface area contributed by atoms with Crippen molar-refractivity contribution in [1.29, 1.82) is 0 Å². The zero-order chi connectivity index (χ0) is 9.26. The first-order valence-electron chi connectivity index (χ1n) is 4.09. The third kappa shape index (κ3) is 1.53. The highest BCUT2D eigenvalue weighted by atomic mass is 35.5. The lowest BCUT2D eigenvalue weighted by Gasteiger charge is -2.03. The molecule has 0 bridgehead atoms. The lowest BCUT2D eigenvalue weighted by Crippen LogP contribution is -1.85. The molecule has 0 saturated heterocycles. The van der Waals surface area contributed by atoms with E-state index in [0.717, 1.165) is 16.3 Å². The van der Waals surface area contributed by atoms with E-state index in [1.165, 1.54) is 0 Å². The summed E-state index contributed by atoms with van der Waals surface area (Å²) in [6, 6.07) is 11.6. The Morgan fingerprint density at radius 3 is 2.69 bits per heavy atom. The molecule has 1 N–H and O–H groups in total. The topological polar surface area (TPSA) is 20.2 Å². The number of halogens is 1. The maximum atomic E-state index is 9.10. The monoisotopic (exact) mass is 192 g/mol. The number of fused-ring (bicyclic) bond motifs is 1. The van der Waals surface area contributed by atoms with Gasteiger partial charge in [0, 0.05) is 5.02 Å². The van der Waals surface area contributed by atoms with Crippen molar-refractivity contribution in [2.75, 3.05) is 0 Å². The van der Waals surface area contributed by atoms with Crippen LogP contribution >= 0.6 is 11.6 Å². The van der Waals surface area contributed by atoms with E-state index < -0.39 is 0 Å². The number of benzene rings is 2. The molecule has 2 heteroatoms. The number of hydrogen-bond donors (Lipinski definition) is 1. The zero-order valence-corrected chi connectivity index (χ0v) is 7.75. The highest BCUT2D eigenvalue weighted by Gasteiger charge is 2.00. The Balaban J connectivity index is 2.81. The first-order valence-corrected chi connectivity index (χ1v) is 4.47. The average molecular weight is 193 g/mol. The molecule has 0 fully saturated rings. The van der Waals surface area contributed by atoms with E-state index in [9.17, 15) is 0 Å². The Hall–Kier alpha value is -1.05. The van der Waals surface area contributed by atoms with Crippen molar-refractivity contribution in [2.24, 2.45) is 0 Å². The molecule has 1 nitrogen and oxygen atoms in total. The molecule has 0 saturated carbocycles. The maximum Gasteiger partial charge on any atom is 0.0688 e.